The summed E-state index contributed by atoms with van der Waals surface area (Å²) in [7, 11) is 0. The van der Waals surface area contributed by atoms with E-state index in [0.717, 1.165) is 17.4 Å². The van der Waals surface area contributed by atoms with Gasteiger partial charge in [0, 0.05) is 17.0 Å². The summed E-state index contributed by atoms with van der Waals surface area (Å²) in [6, 6.07) is 9.12. The second-order valence-electron chi connectivity index (χ2n) is 5.65. The van der Waals surface area contributed by atoms with Crippen molar-refractivity contribution in [2.75, 3.05) is 5.75 Å². The van der Waals surface area contributed by atoms with Gasteiger partial charge >= 0.3 is 0 Å². The number of aryl methyl sites for hydroxylation is 1. The van der Waals surface area contributed by atoms with Crippen LogP contribution in [0.1, 0.15) is 43.2 Å². The second-order valence-corrected chi connectivity index (χ2v) is 6.98. The predicted octanol–water partition coefficient (Wildman–Crippen LogP) is 3.44. The molecule has 0 amide bonds. The van der Waals surface area contributed by atoms with E-state index in [1.54, 1.807) is 0 Å². The lowest BCUT2D eigenvalue weighted by Crippen LogP contribution is -2.39. The molecule has 1 atom stereocenters. The van der Waals surface area contributed by atoms with Crippen molar-refractivity contribution in [3.63, 3.8) is 0 Å². The zero-order valence-electron chi connectivity index (χ0n) is 11.9. The van der Waals surface area contributed by atoms with E-state index in [2.05, 4.69) is 48.4 Å². The van der Waals surface area contributed by atoms with Gasteiger partial charge in [0.15, 0.2) is 0 Å². The van der Waals surface area contributed by atoms with Crippen molar-refractivity contribution >= 4 is 11.8 Å². The van der Waals surface area contributed by atoms with E-state index >= 15 is 0 Å². The summed E-state index contributed by atoms with van der Waals surface area (Å²) in [5.41, 5.74) is 5.70. The average molecular weight is 278 g/mol. The maximum atomic E-state index is 5.71. The lowest BCUT2D eigenvalue weighted by atomic mass is 10.0. The molecule has 0 heterocycles. The summed E-state index contributed by atoms with van der Waals surface area (Å²) < 4.78 is 0. The average Bonchev–Trinajstić information content (AvgIpc) is 2.44. The first-order valence-electron chi connectivity index (χ1n) is 7.41. The van der Waals surface area contributed by atoms with E-state index in [1.165, 1.54) is 43.2 Å². The normalized spacial score (nSPS) is 18.4. The van der Waals surface area contributed by atoms with Gasteiger partial charge in [-0.3, -0.25) is 11.3 Å². The number of hydrogen-bond acceptors (Lipinski definition) is 3. The van der Waals surface area contributed by atoms with Crippen molar-refractivity contribution in [3.8, 4) is 0 Å². The van der Waals surface area contributed by atoms with E-state index < -0.39 is 0 Å². The molecule has 1 unspecified atom stereocenters. The van der Waals surface area contributed by atoms with Gasteiger partial charge in [0.1, 0.15) is 0 Å². The number of hydrazine groups is 1. The Balaban J connectivity index is 1.79. The molecule has 1 aromatic rings. The topological polar surface area (TPSA) is 38.0 Å². The molecular weight excluding hydrogens is 252 g/mol. The van der Waals surface area contributed by atoms with Crippen LogP contribution in [0, 0.1) is 6.92 Å². The smallest absolute Gasteiger partial charge is 0.0341 e. The fourth-order valence-corrected chi connectivity index (χ4v) is 4.16. The van der Waals surface area contributed by atoms with E-state index in [0.29, 0.717) is 6.04 Å². The van der Waals surface area contributed by atoms with Gasteiger partial charge in [-0.1, -0.05) is 49.1 Å². The van der Waals surface area contributed by atoms with Gasteiger partial charge in [0.25, 0.3) is 0 Å². The molecule has 0 saturated heterocycles. The Morgan fingerprint density at radius 3 is 2.79 bits per heavy atom. The third-order valence-electron chi connectivity index (χ3n) is 3.89. The van der Waals surface area contributed by atoms with Gasteiger partial charge in [-0.2, -0.15) is 11.8 Å². The summed E-state index contributed by atoms with van der Waals surface area (Å²) in [4.78, 5) is 0. The Kier molecular flexibility index (Phi) is 6.21. The van der Waals surface area contributed by atoms with Crippen molar-refractivity contribution in [1.29, 1.82) is 0 Å². The third kappa shape index (κ3) is 5.17. The predicted molar refractivity (Wildman–Crippen MR) is 85.3 cm³/mol. The highest BCUT2D eigenvalue weighted by molar-refractivity contribution is 7.99. The summed E-state index contributed by atoms with van der Waals surface area (Å²) in [5, 5.41) is 0.863. The van der Waals surface area contributed by atoms with E-state index in [1.807, 2.05) is 0 Å². The summed E-state index contributed by atoms with van der Waals surface area (Å²) in [6.45, 7) is 2.14. The van der Waals surface area contributed by atoms with Gasteiger partial charge in [-0.05, 0) is 31.7 Å². The fraction of sp³-hybridized carbons (Fsp3) is 0.625. The molecule has 0 spiro atoms. The molecule has 1 fully saturated rings. The Labute approximate surface area is 121 Å². The van der Waals surface area contributed by atoms with Gasteiger partial charge in [0.05, 0.1) is 0 Å². The first kappa shape index (κ1) is 14.9. The molecule has 2 rings (SSSR count). The van der Waals surface area contributed by atoms with Gasteiger partial charge in [-0.25, -0.2) is 0 Å². The minimum absolute atomic E-state index is 0.383. The highest BCUT2D eigenvalue weighted by Gasteiger charge is 2.16. The maximum Gasteiger partial charge on any atom is 0.0341 e. The molecule has 0 radical (unpaired) electrons. The largest absolute Gasteiger partial charge is 0.271 e. The zero-order chi connectivity index (χ0) is 13.5. The monoisotopic (exact) mass is 278 g/mol. The van der Waals surface area contributed by atoms with Crippen LogP contribution in [0.25, 0.3) is 0 Å². The van der Waals surface area contributed by atoms with Crippen LogP contribution < -0.4 is 11.3 Å². The quantitative estimate of drug-likeness (QED) is 0.618. The SMILES string of the molecule is Cc1cccc(CC(CSC2CCCCC2)NN)c1. The molecule has 0 aliphatic heterocycles. The number of rotatable bonds is 6. The zero-order valence-corrected chi connectivity index (χ0v) is 12.7. The molecule has 1 aliphatic carbocycles. The summed E-state index contributed by atoms with van der Waals surface area (Å²) >= 11 is 2.11. The highest BCUT2D eigenvalue weighted by Crippen LogP contribution is 2.28. The molecule has 1 aliphatic rings. The highest BCUT2D eigenvalue weighted by atomic mass is 32.2. The van der Waals surface area contributed by atoms with Gasteiger partial charge in [-0.15, -0.1) is 0 Å². The minimum Gasteiger partial charge on any atom is -0.271 e. The van der Waals surface area contributed by atoms with Crippen LogP contribution in [0.3, 0.4) is 0 Å². The van der Waals surface area contributed by atoms with Crippen molar-refractivity contribution < 1.29 is 0 Å². The van der Waals surface area contributed by atoms with Crippen LogP contribution in [-0.2, 0) is 6.42 Å². The number of benzene rings is 1. The standard InChI is InChI=1S/C16H26N2S/c1-13-6-5-7-14(10-13)11-15(18-17)12-19-16-8-3-2-4-9-16/h5-7,10,15-16,18H,2-4,8-9,11-12,17H2,1H3. The van der Waals surface area contributed by atoms with Crippen molar-refractivity contribution in [3.05, 3.63) is 35.4 Å². The Morgan fingerprint density at radius 1 is 1.32 bits per heavy atom. The molecule has 0 aromatic heterocycles. The molecule has 3 N–H and O–H groups in total. The number of nitrogens with two attached hydrogens (primary N) is 1. The number of nitrogens with one attached hydrogen (secondary N) is 1. The van der Waals surface area contributed by atoms with Crippen LogP contribution in [0.5, 0.6) is 0 Å². The van der Waals surface area contributed by atoms with Crippen LogP contribution in [0.4, 0.5) is 0 Å². The van der Waals surface area contributed by atoms with Crippen LogP contribution in [0.2, 0.25) is 0 Å². The van der Waals surface area contributed by atoms with E-state index in [4.69, 9.17) is 5.84 Å². The van der Waals surface area contributed by atoms with Crippen molar-refractivity contribution in [2.45, 2.75) is 56.7 Å². The Bertz CT molecular complexity index is 375. The van der Waals surface area contributed by atoms with E-state index in [-0.39, 0.29) is 0 Å². The van der Waals surface area contributed by atoms with Crippen molar-refractivity contribution in [1.82, 2.24) is 5.43 Å². The molecule has 106 valence electrons. The fourth-order valence-electron chi connectivity index (χ4n) is 2.77. The van der Waals surface area contributed by atoms with Crippen LogP contribution in [0.15, 0.2) is 24.3 Å². The van der Waals surface area contributed by atoms with E-state index in [9.17, 15) is 0 Å². The molecule has 1 saturated carbocycles. The minimum atomic E-state index is 0.383. The van der Waals surface area contributed by atoms with Crippen LogP contribution >= 0.6 is 11.8 Å². The number of thioether (sulfide) groups is 1. The molecule has 3 heteroatoms. The molecular formula is C16H26N2S. The third-order valence-corrected chi connectivity index (χ3v) is 5.42. The number of hydrogen-bond donors (Lipinski definition) is 2. The Hall–Kier alpha value is -0.510. The van der Waals surface area contributed by atoms with Crippen molar-refractivity contribution in [2.24, 2.45) is 5.84 Å². The lowest BCUT2D eigenvalue weighted by molar-refractivity contribution is 0.513. The Morgan fingerprint density at radius 2 is 2.11 bits per heavy atom. The van der Waals surface area contributed by atoms with Crippen LogP contribution in [-0.4, -0.2) is 17.0 Å². The molecule has 19 heavy (non-hydrogen) atoms. The molecule has 1 aromatic carbocycles. The summed E-state index contributed by atoms with van der Waals surface area (Å²) in [6.07, 6.45) is 8.07. The second kappa shape index (κ2) is 7.93. The summed E-state index contributed by atoms with van der Waals surface area (Å²) in [5.74, 6) is 6.83. The molecule has 0 bridgehead atoms. The van der Waals surface area contributed by atoms with Gasteiger partial charge in [0.2, 0.25) is 0 Å². The molecule has 2 nitrogen and oxygen atoms in total. The lowest BCUT2D eigenvalue weighted by Gasteiger charge is -2.23. The first-order valence-corrected chi connectivity index (χ1v) is 8.46. The van der Waals surface area contributed by atoms with Gasteiger partial charge < -0.3 is 0 Å². The first-order chi connectivity index (χ1) is 9.28. The maximum absolute atomic E-state index is 5.71.